The molecule has 0 unspecified atom stereocenters. The Morgan fingerprint density at radius 1 is 1.14 bits per heavy atom. The third-order valence-electron chi connectivity index (χ3n) is 6.53. The highest BCUT2D eigenvalue weighted by molar-refractivity contribution is 7.86. The van der Waals surface area contributed by atoms with E-state index in [1.807, 2.05) is 6.92 Å². The summed E-state index contributed by atoms with van der Waals surface area (Å²) in [5.41, 5.74) is 1.01. The standard InChI is InChI=1S/C22H34O5SSi/c1-16-10-12-18(13-11-16)28(23,24)25-15-20-21(27-20)19-9-7-8-17(19)14-26-29(5,6)22(2,3)4/h7-8,10-13,17,19-21H,9,14-15H2,1-6H3/t17-,19+,20+,21+/m0/s1. The lowest BCUT2D eigenvalue weighted by atomic mass is 9.91. The highest BCUT2D eigenvalue weighted by atomic mass is 32.2. The Morgan fingerprint density at radius 2 is 1.79 bits per heavy atom. The number of epoxide rings is 1. The van der Waals surface area contributed by atoms with Crippen LogP contribution in [0, 0.1) is 18.8 Å². The molecule has 0 saturated carbocycles. The third kappa shape index (κ3) is 5.38. The normalized spacial score (nSPS) is 27.4. The van der Waals surface area contributed by atoms with Gasteiger partial charge in [0.05, 0.1) is 17.6 Å². The molecule has 7 heteroatoms. The van der Waals surface area contributed by atoms with Gasteiger partial charge in [-0.05, 0) is 49.5 Å². The van der Waals surface area contributed by atoms with Crippen LogP contribution in [0.3, 0.4) is 0 Å². The van der Waals surface area contributed by atoms with Gasteiger partial charge in [-0.15, -0.1) is 0 Å². The summed E-state index contributed by atoms with van der Waals surface area (Å²) >= 11 is 0. The molecule has 0 radical (unpaired) electrons. The number of aryl methyl sites for hydroxylation is 1. The summed E-state index contributed by atoms with van der Waals surface area (Å²) < 4.78 is 42.2. The molecule has 0 spiro atoms. The Kier molecular flexibility index (Phi) is 6.47. The summed E-state index contributed by atoms with van der Waals surface area (Å²) in [4.78, 5) is 0.184. The topological polar surface area (TPSA) is 65.1 Å². The van der Waals surface area contributed by atoms with E-state index in [0.717, 1.165) is 12.0 Å². The zero-order valence-corrected chi connectivity index (χ0v) is 20.2. The minimum Gasteiger partial charge on any atom is -0.416 e. The van der Waals surface area contributed by atoms with Crippen LogP contribution in [0.25, 0.3) is 0 Å². The number of hydrogen-bond acceptors (Lipinski definition) is 5. The molecular weight excluding hydrogens is 404 g/mol. The smallest absolute Gasteiger partial charge is 0.297 e. The van der Waals surface area contributed by atoms with E-state index in [2.05, 4.69) is 46.0 Å². The molecule has 0 bridgehead atoms. The van der Waals surface area contributed by atoms with E-state index in [4.69, 9.17) is 13.3 Å². The monoisotopic (exact) mass is 438 g/mol. The van der Waals surface area contributed by atoms with Gasteiger partial charge in [-0.2, -0.15) is 8.42 Å². The van der Waals surface area contributed by atoms with Crippen LogP contribution in [-0.2, 0) is 23.5 Å². The predicted octanol–water partition coefficient (Wildman–Crippen LogP) is 4.68. The fourth-order valence-corrected chi connectivity index (χ4v) is 5.36. The quantitative estimate of drug-likeness (QED) is 0.255. The zero-order chi connectivity index (χ0) is 21.4. The molecule has 1 aliphatic carbocycles. The van der Waals surface area contributed by atoms with Crippen molar-refractivity contribution in [1.82, 2.24) is 0 Å². The van der Waals surface area contributed by atoms with Crippen molar-refractivity contribution in [3.05, 3.63) is 42.0 Å². The van der Waals surface area contributed by atoms with Gasteiger partial charge in [0.1, 0.15) is 6.10 Å². The highest BCUT2D eigenvalue weighted by Crippen LogP contribution is 2.42. The van der Waals surface area contributed by atoms with Crippen molar-refractivity contribution < 1.29 is 21.8 Å². The van der Waals surface area contributed by atoms with E-state index in [9.17, 15) is 8.42 Å². The van der Waals surface area contributed by atoms with Crippen molar-refractivity contribution in [2.75, 3.05) is 13.2 Å². The van der Waals surface area contributed by atoms with E-state index in [0.29, 0.717) is 18.4 Å². The average Bonchev–Trinajstić information content (AvgIpc) is 3.25. The second-order valence-corrected chi connectivity index (χ2v) is 16.2. The molecular formula is C22H34O5SSi. The minimum absolute atomic E-state index is 0.0335. The molecule has 162 valence electrons. The predicted molar refractivity (Wildman–Crippen MR) is 117 cm³/mol. The molecule has 0 N–H and O–H groups in total. The fourth-order valence-electron chi connectivity index (χ4n) is 3.40. The second kappa shape index (κ2) is 8.27. The summed E-state index contributed by atoms with van der Waals surface area (Å²) in [5, 5.41) is 0.182. The third-order valence-corrected chi connectivity index (χ3v) is 12.3. The summed E-state index contributed by atoms with van der Waals surface area (Å²) in [6.45, 7) is 13.9. The van der Waals surface area contributed by atoms with Crippen LogP contribution in [0.5, 0.6) is 0 Å². The molecule has 29 heavy (non-hydrogen) atoms. The second-order valence-electron chi connectivity index (χ2n) is 9.75. The van der Waals surface area contributed by atoms with Gasteiger partial charge in [-0.25, -0.2) is 0 Å². The van der Waals surface area contributed by atoms with Crippen molar-refractivity contribution in [1.29, 1.82) is 0 Å². The largest absolute Gasteiger partial charge is 0.416 e. The van der Waals surface area contributed by atoms with Crippen molar-refractivity contribution in [2.45, 2.75) is 69.4 Å². The Hall–Kier alpha value is -0.993. The van der Waals surface area contributed by atoms with E-state index in [-0.39, 0.29) is 28.7 Å². The highest BCUT2D eigenvalue weighted by Gasteiger charge is 2.49. The number of hydrogen-bond donors (Lipinski definition) is 0. The zero-order valence-electron chi connectivity index (χ0n) is 18.3. The molecule has 1 aromatic carbocycles. The maximum Gasteiger partial charge on any atom is 0.297 e. The van der Waals surface area contributed by atoms with E-state index in [1.165, 1.54) is 0 Å². The van der Waals surface area contributed by atoms with Gasteiger partial charge in [0, 0.05) is 12.5 Å². The molecule has 0 amide bonds. The molecule has 5 nitrogen and oxygen atoms in total. The first-order valence-corrected chi connectivity index (χ1v) is 14.6. The van der Waals surface area contributed by atoms with Crippen molar-refractivity contribution in [2.24, 2.45) is 11.8 Å². The molecule has 4 atom stereocenters. The molecule has 1 fully saturated rings. The van der Waals surface area contributed by atoms with Gasteiger partial charge in [-0.3, -0.25) is 4.18 Å². The molecule has 1 saturated heterocycles. The van der Waals surface area contributed by atoms with Crippen LogP contribution < -0.4 is 0 Å². The van der Waals surface area contributed by atoms with E-state index in [1.54, 1.807) is 24.3 Å². The Morgan fingerprint density at radius 3 is 2.41 bits per heavy atom. The lowest BCUT2D eigenvalue weighted by molar-refractivity contribution is 0.193. The van der Waals surface area contributed by atoms with Crippen LogP contribution >= 0.6 is 0 Å². The van der Waals surface area contributed by atoms with E-state index >= 15 is 0 Å². The van der Waals surface area contributed by atoms with Crippen molar-refractivity contribution >= 4 is 18.4 Å². The molecule has 3 rings (SSSR count). The molecule has 1 aliphatic heterocycles. The Bertz CT molecular complexity index is 839. The molecule has 0 aromatic heterocycles. The molecule has 1 heterocycles. The number of rotatable bonds is 8. The SMILES string of the molecule is Cc1ccc(S(=O)(=O)OC[C@H]2O[C@@H]2[C@@H]2CC=C[C@H]2CO[Si](C)(C)C(C)(C)C)cc1. The van der Waals surface area contributed by atoms with Crippen molar-refractivity contribution in [3.8, 4) is 0 Å². The number of benzene rings is 1. The lowest BCUT2D eigenvalue weighted by Crippen LogP contribution is -2.42. The molecule has 2 aliphatic rings. The van der Waals surface area contributed by atoms with Gasteiger partial charge in [-0.1, -0.05) is 50.6 Å². The maximum atomic E-state index is 12.4. The minimum atomic E-state index is -3.75. The first-order chi connectivity index (χ1) is 13.4. The first kappa shape index (κ1) is 22.7. The van der Waals surface area contributed by atoms with Gasteiger partial charge in [0.2, 0.25) is 0 Å². The Labute approximate surface area is 176 Å². The fraction of sp³-hybridized carbons (Fsp3) is 0.636. The number of allylic oxidation sites excluding steroid dienone is 1. The summed E-state index contributed by atoms with van der Waals surface area (Å²) in [6, 6.07) is 6.68. The van der Waals surface area contributed by atoms with E-state index < -0.39 is 18.4 Å². The van der Waals surface area contributed by atoms with Crippen LogP contribution in [0.15, 0.2) is 41.3 Å². The van der Waals surface area contributed by atoms with Gasteiger partial charge < -0.3 is 9.16 Å². The maximum absolute atomic E-state index is 12.4. The Balaban J connectivity index is 1.51. The van der Waals surface area contributed by atoms with Crippen LogP contribution in [0.4, 0.5) is 0 Å². The van der Waals surface area contributed by atoms with Gasteiger partial charge in [0.15, 0.2) is 8.32 Å². The van der Waals surface area contributed by atoms with Gasteiger partial charge in [0.25, 0.3) is 10.1 Å². The lowest BCUT2D eigenvalue weighted by Gasteiger charge is -2.37. The van der Waals surface area contributed by atoms with Gasteiger partial charge >= 0.3 is 0 Å². The summed E-state index contributed by atoms with van der Waals surface area (Å²) in [7, 11) is -5.55. The van der Waals surface area contributed by atoms with Crippen molar-refractivity contribution in [3.63, 3.8) is 0 Å². The first-order valence-electron chi connectivity index (χ1n) is 10.3. The van der Waals surface area contributed by atoms with Crippen LogP contribution in [0.2, 0.25) is 18.1 Å². The van der Waals surface area contributed by atoms with Crippen LogP contribution in [-0.4, -0.2) is 42.2 Å². The molecule has 1 aromatic rings. The summed E-state index contributed by atoms with van der Waals surface area (Å²) in [5.74, 6) is 0.642. The average molecular weight is 439 g/mol. The van der Waals surface area contributed by atoms with Crippen LogP contribution in [0.1, 0.15) is 32.8 Å². The summed E-state index contributed by atoms with van der Waals surface area (Å²) in [6.07, 6.45) is 5.21. The number of ether oxygens (including phenoxy) is 1.